The van der Waals surface area contributed by atoms with Gasteiger partial charge in [-0.3, -0.25) is 4.55 Å². The first kappa shape index (κ1) is 29.7. The third kappa shape index (κ3) is 3.75. The molecule has 0 aliphatic heterocycles. The van der Waals surface area contributed by atoms with Crippen LogP contribution in [0.15, 0.2) is 0 Å². The lowest BCUT2D eigenvalue weighted by Gasteiger charge is -2.42. The van der Waals surface area contributed by atoms with Gasteiger partial charge in [0.15, 0.2) is 0 Å². The molecule has 22 heteroatoms. The van der Waals surface area contributed by atoms with Crippen molar-refractivity contribution < 1.29 is 92.0 Å². The normalized spacial score (nSPS) is 17.6. The molecule has 31 heavy (non-hydrogen) atoms. The van der Waals surface area contributed by atoms with E-state index in [4.69, 9.17) is 4.55 Å². The zero-order valence-corrected chi connectivity index (χ0v) is 13.9. The van der Waals surface area contributed by atoms with Gasteiger partial charge in [-0.2, -0.15) is 83.1 Å². The summed E-state index contributed by atoms with van der Waals surface area (Å²) < 4.78 is 258. The zero-order valence-electron chi connectivity index (χ0n) is 13.1. The predicted molar refractivity (Wildman–Crippen MR) is 57.1 cm³/mol. The molecule has 0 aromatic rings. The average Bonchev–Trinajstić information content (AvgIpc) is 2.50. The van der Waals surface area contributed by atoms with E-state index in [0.717, 1.165) is 0 Å². The van der Waals surface area contributed by atoms with E-state index in [0.29, 0.717) is 0 Å². The third-order valence-corrected chi connectivity index (χ3v) is 4.20. The molecule has 0 rings (SSSR count). The second kappa shape index (κ2) is 7.07. The molecular formula is C9H2F18O3S. The maximum atomic E-state index is 13.2. The van der Waals surface area contributed by atoms with E-state index in [-0.39, 0.29) is 0 Å². The summed E-state index contributed by atoms with van der Waals surface area (Å²) in [6.07, 6.45) is -13.8. The van der Waals surface area contributed by atoms with Crippen molar-refractivity contribution in [3.63, 3.8) is 0 Å². The smallest absolute Gasteiger partial charge is 0.281 e. The third-order valence-electron chi connectivity index (χ3n) is 3.29. The number of halogens is 18. The van der Waals surface area contributed by atoms with E-state index >= 15 is 0 Å². The van der Waals surface area contributed by atoms with E-state index < -0.39 is 63.3 Å². The van der Waals surface area contributed by atoms with Gasteiger partial charge in [0.1, 0.15) is 0 Å². The van der Waals surface area contributed by atoms with Crippen LogP contribution in [0.1, 0.15) is 0 Å². The van der Waals surface area contributed by atoms with Gasteiger partial charge in [0.2, 0.25) is 0 Å². The molecule has 1 unspecified atom stereocenters. The Hall–Kier alpha value is -1.35. The maximum absolute atomic E-state index is 13.2. The lowest BCUT2D eigenvalue weighted by atomic mass is 9.89. The Morgan fingerprint density at radius 1 is 0.516 bits per heavy atom. The minimum atomic E-state index is -8.93. The molecule has 0 bridgehead atoms. The highest BCUT2D eigenvalue weighted by Gasteiger charge is 2.95. The molecule has 0 aromatic heterocycles. The molecule has 0 heterocycles. The molecule has 0 aromatic carbocycles. The van der Waals surface area contributed by atoms with Crippen molar-refractivity contribution in [3.05, 3.63) is 0 Å². The zero-order chi connectivity index (χ0) is 26.1. The Morgan fingerprint density at radius 3 is 1.03 bits per heavy atom. The summed E-state index contributed by atoms with van der Waals surface area (Å²) in [6, 6.07) is 0. The van der Waals surface area contributed by atoms with Crippen LogP contribution < -0.4 is 0 Å². The minimum Gasteiger partial charge on any atom is -0.281 e. The van der Waals surface area contributed by atoms with Gasteiger partial charge in [-0.15, -0.1) is 0 Å². The molecule has 0 saturated heterocycles. The topological polar surface area (TPSA) is 54.4 Å². The lowest BCUT2D eigenvalue weighted by Crippen LogP contribution is -2.74. The molecule has 0 aliphatic rings. The number of rotatable bonds is 8. The van der Waals surface area contributed by atoms with E-state index in [1.54, 1.807) is 0 Å². The fourth-order valence-electron chi connectivity index (χ4n) is 1.51. The Labute approximate surface area is 156 Å². The summed E-state index contributed by atoms with van der Waals surface area (Å²) in [7, 11) is -7.93. The predicted octanol–water partition coefficient (Wildman–Crippen LogP) is 5.18. The highest BCUT2D eigenvalue weighted by molar-refractivity contribution is 7.87. The van der Waals surface area contributed by atoms with Gasteiger partial charge < -0.3 is 0 Å². The monoisotopic (exact) mass is 532 g/mol. The van der Waals surface area contributed by atoms with Crippen LogP contribution >= 0.6 is 0 Å². The average molecular weight is 532 g/mol. The van der Waals surface area contributed by atoms with Crippen LogP contribution in [0, 0.1) is 0 Å². The van der Waals surface area contributed by atoms with Gasteiger partial charge >= 0.3 is 57.1 Å². The van der Waals surface area contributed by atoms with Crippen LogP contribution in [-0.4, -0.2) is 66.1 Å². The van der Waals surface area contributed by atoms with Crippen molar-refractivity contribution in [2.24, 2.45) is 0 Å². The summed E-state index contributed by atoms with van der Waals surface area (Å²) in [4.78, 5) is 0. The fraction of sp³-hybridized carbons (Fsp3) is 1.00. The molecule has 0 aliphatic carbocycles. The van der Waals surface area contributed by atoms with E-state index in [1.165, 1.54) is 0 Å². The molecule has 0 saturated carbocycles. The summed E-state index contributed by atoms with van der Waals surface area (Å²) >= 11 is 0. The van der Waals surface area contributed by atoms with Gasteiger partial charge in [0.05, 0.1) is 0 Å². The standard InChI is InChI=1S/C9H2F18O3S/c10-1(3(13,14)15)2(11,12)4(16,17)5(18,19)6(20,21)7(22,23)8(24,25)9(26,27)31(28,29)30/h1H,(H,28,29,30). The quantitative estimate of drug-likeness (QED) is 0.347. The second-order valence-corrected chi connectivity index (χ2v) is 6.85. The second-order valence-electron chi connectivity index (χ2n) is 5.39. The Morgan fingerprint density at radius 2 is 0.774 bits per heavy atom. The molecule has 0 fully saturated rings. The summed E-state index contributed by atoms with van der Waals surface area (Å²) in [5, 5.41) is -7.88. The summed E-state index contributed by atoms with van der Waals surface area (Å²) in [5.41, 5.74) is 0. The van der Waals surface area contributed by atoms with E-state index in [9.17, 15) is 87.4 Å². The highest BCUT2D eigenvalue weighted by Crippen LogP contribution is 2.63. The van der Waals surface area contributed by atoms with Crippen molar-refractivity contribution in [1.82, 2.24) is 0 Å². The molecule has 1 N–H and O–H groups in total. The van der Waals surface area contributed by atoms with Crippen LogP contribution in [0.5, 0.6) is 0 Å². The highest BCUT2D eigenvalue weighted by atomic mass is 32.2. The molecule has 0 amide bonds. The van der Waals surface area contributed by atoms with Gasteiger partial charge in [-0.05, 0) is 0 Å². The first-order valence-electron chi connectivity index (χ1n) is 6.23. The first-order chi connectivity index (χ1) is 12.9. The largest absolute Gasteiger partial charge is 0.438 e. The fourth-order valence-corrected chi connectivity index (χ4v) is 1.96. The summed E-state index contributed by atoms with van der Waals surface area (Å²) in [6.45, 7) is 0. The van der Waals surface area contributed by atoms with Crippen molar-refractivity contribution in [3.8, 4) is 0 Å². The van der Waals surface area contributed by atoms with E-state index in [2.05, 4.69) is 0 Å². The molecule has 3 nitrogen and oxygen atoms in total. The van der Waals surface area contributed by atoms with Gasteiger partial charge in [-0.25, -0.2) is 4.39 Å². The number of hydrogen-bond acceptors (Lipinski definition) is 2. The Bertz CT molecular complexity index is 780. The number of hydrogen-bond donors (Lipinski definition) is 1. The minimum absolute atomic E-state index is 6.51. The molecular weight excluding hydrogens is 530 g/mol. The van der Waals surface area contributed by atoms with Gasteiger partial charge in [0.25, 0.3) is 6.17 Å². The SMILES string of the molecule is O=S(=O)(O)C(F)(F)C(F)(F)C(F)(F)C(F)(F)C(F)(F)C(F)(F)C(F)(F)C(F)C(F)(F)F. The van der Waals surface area contributed by atoms with Crippen LogP contribution in [-0.2, 0) is 10.1 Å². The Balaban J connectivity index is 6.91. The van der Waals surface area contributed by atoms with Crippen molar-refractivity contribution in [2.75, 3.05) is 0 Å². The first-order valence-corrected chi connectivity index (χ1v) is 7.67. The summed E-state index contributed by atoms with van der Waals surface area (Å²) in [5.74, 6) is -51.9. The molecule has 188 valence electrons. The van der Waals surface area contributed by atoms with Crippen molar-refractivity contribution in [2.45, 2.75) is 53.1 Å². The molecule has 0 spiro atoms. The Kier molecular flexibility index (Phi) is 6.76. The molecule has 0 radical (unpaired) electrons. The maximum Gasteiger partial charge on any atom is 0.438 e. The van der Waals surface area contributed by atoms with E-state index in [1.807, 2.05) is 0 Å². The van der Waals surface area contributed by atoms with Crippen LogP contribution in [0.25, 0.3) is 0 Å². The number of alkyl halides is 18. The van der Waals surface area contributed by atoms with Crippen LogP contribution in [0.3, 0.4) is 0 Å². The van der Waals surface area contributed by atoms with Crippen LogP contribution in [0.2, 0.25) is 0 Å². The lowest BCUT2D eigenvalue weighted by molar-refractivity contribution is -0.444. The van der Waals surface area contributed by atoms with Crippen molar-refractivity contribution >= 4 is 10.1 Å². The van der Waals surface area contributed by atoms with Gasteiger partial charge in [-0.1, -0.05) is 0 Å². The van der Waals surface area contributed by atoms with Gasteiger partial charge in [0, 0.05) is 0 Å². The van der Waals surface area contributed by atoms with Crippen molar-refractivity contribution in [1.29, 1.82) is 0 Å². The van der Waals surface area contributed by atoms with Crippen LogP contribution in [0.4, 0.5) is 79.0 Å². The molecule has 1 atom stereocenters.